The lowest BCUT2D eigenvalue weighted by Crippen LogP contribution is -2.33. The van der Waals surface area contributed by atoms with Crippen molar-refractivity contribution in [3.8, 4) is 0 Å². The molecule has 4 nitrogen and oxygen atoms in total. The van der Waals surface area contributed by atoms with Crippen molar-refractivity contribution in [3.05, 3.63) is 34.8 Å². The summed E-state index contributed by atoms with van der Waals surface area (Å²) in [6.07, 6.45) is 2.58. The SMILES string of the molecule is CCOC(=O)CCC1C=c2ccccc2=NC1=O. The summed E-state index contributed by atoms with van der Waals surface area (Å²) < 4.78 is 4.84. The van der Waals surface area contributed by atoms with Crippen LogP contribution in [0.2, 0.25) is 0 Å². The molecule has 0 N–H and O–H groups in total. The molecule has 4 heteroatoms. The molecule has 1 aromatic carbocycles. The number of carbonyl (C=O) groups excluding carboxylic acids is 2. The minimum absolute atomic E-state index is 0.182. The Morgan fingerprint density at radius 1 is 1.39 bits per heavy atom. The van der Waals surface area contributed by atoms with Crippen molar-refractivity contribution in [2.75, 3.05) is 6.61 Å². The first-order chi connectivity index (χ1) is 8.70. The first-order valence-corrected chi connectivity index (χ1v) is 6.06. The van der Waals surface area contributed by atoms with Gasteiger partial charge in [-0.05, 0) is 24.6 Å². The smallest absolute Gasteiger partial charge is 0.305 e. The zero-order valence-electron chi connectivity index (χ0n) is 10.3. The largest absolute Gasteiger partial charge is 0.466 e. The van der Waals surface area contributed by atoms with E-state index in [1.54, 1.807) is 6.92 Å². The fourth-order valence-electron chi connectivity index (χ4n) is 1.93. The molecule has 1 amide bonds. The van der Waals surface area contributed by atoms with Gasteiger partial charge >= 0.3 is 5.97 Å². The number of nitrogens with zero attached hydrogens (tertiary/aromatic N) is 1. The van der Waals surface area contributed by atoms with Gasteiger partial charge in [0, 0.05) is 6.42 Å². The Kier molecular flexibility index (Phi) is 3.87. The molecule has 94 valence electrons. The minimum atomic E-state index is -0.315. The van der Waals surface area contributed by atoms with Crippen LogP contribution < -0.4 is 10.6 Å². The highest BCUT2D eigenvalue weighted by Gasteiger charge is 2.19. The van der Waals surface area contributed by atoms with Crippen LogP contribution in [-0.4, -0.2) is 18.5 Å². The van der Waals surface area contributed by atoms with Crippen molar-refractivity contribution >= 4 is 18.0 Å². The first kappa shape index (κ1) is 12.5. The Labute approximate surface area is 105 Å². The number of fused-ring (bicyclic) bond motifs is 1. The van der Waals surface area contributed by atoms with Crippen LogP contribution in [0.4, 0.5) is 0 Å². The maximum Gasteiger partial charge on any atom is 0.305 e. The van der Waals surface area contributed by atoms with Gasteiger partial charge in [0.15, 0.2) is 0 Å². The molecule has 0 spiro atoms. The Hall–Kier alpha value is -1.97. The quantitative estimate of drug-likeness (QED) is 0.729. The summed E-state index contributed by atoms with van der Waals surface area (Å²) >= 11 is 0. The maximum atomic E-state index is 11.8. The molecule has 0 aromatic heterocycles. The first-order valence-electron chi connectivity index (χ1n) is 6.06. The highest BCUT2D eigenvalue weighted by atomic mass is 16.5. The molecule has 1 unspecified atom stereocenters. The van der Waals surface area contributed by atoms with Crippen LogP contribution in [0.5, 0.6) is 0 Å². The van der Waals surface area contributed by atoms with Gasteiger partial charge in [0.1, 0.15) is 0 Å². The highest BCUT2D eigenvalue weighted by molar-refractivity contribution is 5.86. The molecular formula is C14H15NO3. The van der Waals surface area contributed by atoms with Gasteiger partial charge in [-0.2, -0.15) is 0 Å². The molecule has 0 saturated heterocycles. The summed E-state index contributed by atoms with van der Waals surface area (Å²) in [5.74, 6) is -0.764. The average Bonchev–Trinajstić information content (AvgIpc) is 2.36. The van der Waals surface area contributed by atoms with Crippen LogP contribution in [0.25, 0.3) is 6.08 Å². The van der Waals surface area contributed by atoms with Crippen molar-refractivity contribution in [2.24, 2.45) is 10.9 Å². The Morgan fingerprint density at radius 3 is 2.94 bits per heavy atom. The van der Waals surface area contributed by atoms with Gasteiger partial charge in [-0.1, -0.05) is 24.3 Å². The molecule has 0 aliphatic carbocycles. The molecule has 1 aliphatic heterocycles. The normalized spacial score (nSPS) is 17.4. The standard InChI is InChI=1S/C14H15NO3/c1-2-18-13(16)8-7-11-9-10-5-3-4-6-12(10)15-14(11)17/h3-6,9,11H,2,7-8H2,1H3. The van der Waals surface area contributed by atoms with Gasteiger partial charge in [-0.3, -0.25) is 9.59 Å². The molecule has 2 rings (SSSR count). The van der Waals surface area contributed by atoms with E-state index in [1.807, 2.05) is 30.3 Å². The van der Waals surface area contributed by atoms with Crippen molar-refractivity contribution in [1.82, 2.24) is 0 Å². The van der Waals surface area contributed by atoms with Crippen LogP contribution in [-0.2, 0) is 14.3 Å². The van der Waals surface area contributed by atoms with Crippen molar-refractivity contribution < 1.29 is 14.3 Å². The molecule has 0 bridgehead atoms. The molecule has 18 heavy (non-hydrogen) atoms. The van der Waals surface area contributed by atoms with Gasteiger partial charge in [-0.25, -0.2) is 4.99 Å². The number of hydrogen-bond acceptors (Lipinski definition) is 3. The number of ether oxygens (including phenoxy) is 1. The van der Waals surface area contributed by atoms with E-state index in [-0.39, 0.29) is 24.2 Å². The molecule has 1 heterocycles. The number of rotatable bonds is 4. The average molecular weight is 245 g/mol. The zero-order chi connectivity index (χ0) is 13.0. The van der Waals surface area contributed by atoms with Crippen molar-refractivity contribution in [3.63, 3.8) is 0 Å². The minimum Gasteiger partial charge on any atom is -0.466 e. The third kappa shape index (κ3) is 2.83. The Bertz CT molecular complexity index is 577. The van der Waals surface area contributed by atoms with E-state index in [0.29, 0.717) is 18.4 Å². The molecular weight excluding hydrogens is 230 g/mol. The van der Waals surface area contributed by atoms with Gasteiger partial charge in [0.25, 0.3) is 5.91 Å². The lowest BCUT2D eigenvalue weighted by Gasteiger charge is -2.11. The second kappa shape index (κ2) is 5.58. The van der Waals surface area contributed by atoms with Crippen LogP contribution in [0, 0.1) is 5.92 Å². The second-order valence-corrected chi connectivity index (χ2v) is 4.13. The summed E-state index contributed by atoms with van der Waals surface area (Å²) in [6.45, 7) is 2.13. The summed E-state index contributed by atoms with van der Waals surface area (Å²) in [5.41, 5.74) is 0. The van der Waals surface area contributed by atoms with Gasteiger partial charge in [0.05, 0.1) is 17.9 Å². The third-order valence-electron chi connectivity index (χ3n) is 2.83. The van der Waals surface area contributed by atoms with E-state index in [2.05, 4.69) is 4.99 Å². The third-order valence-corrected chi connectivity index (χ3v) is 2.83. The van der Waals surface area contributed by atoms with E-state index in [4.69, 9.17) is 4.74 Å². The Morgan fingerprint density at radius 2 is 2.17 bits per heavy atom. The monoisotopic (exact) mass is 245 g/mol. The molecule has 0 saturated carbocycles. The summed E-state index contributed by atoms with van der Waals surface area (Å²) in [6, 6.07) is 7.49. The number of para-hydroxylation sites is 1. The maximum absolute atomic E-state index is 11.8. The number of benzene rings is 1. The van der Waals surface area contributed by atoms with Crippen molar-refractivity contribution in [1.29, 1.82) is 0 Å². The zero-order valence-corrected chi connectivity index (χ0v) is 10.3. The second-order valence-electron chi connectivity index (χ2n) is 4.13. The van der Waals surface area contributed by atoms with Gasteiger partial charge in [-0.15, -0.1) is 0 Å². The predicted molar refractivity (Wildman–Crippen MR) is 66.1 cm³/mol. The Balaban J connectivity index is 2.10. The highest BCUT2D eigenvalue weighted by Crippen LogP contribution is 2.12. The molecule has 1 aromatic rings. The number of esters is 1. The van der Waals surface area contributed by atoms with Crippen LogP contribution in [0.1, 0.15) is 19.8 Å². The lowest BCUT2D eigenvalue weighted by molar-refractivity contribution is -0.143. The van der Waals surface area contributed by atoms with E-state index in [1.165, 1.54) is 0 Å². The summed E-state index contributed by atoms with van der Waals surface area (Å²) in [4.78, 5) is 27.1. The van der Waals surface area contributed by atoms with Crippen LogP contribution in [0.15, 0.2) is 29.3 Å². The van der Waals surface area contributed by atoms with Crippen molar-refractivity contribution in [2.45, 2.75) is 19.8 Å². The van der Waals surface area contributed by atoms with E-state index >= 15 is 0 Å². The number of carbonyl (C=O) groups is 2. The van der Waals surface area contributed by atoms with Gasteiger partial charge in [0.2, 0.25) is 0 Å². The van der Waals surface area contributed by atoms with E-state index in [9.17, 15) is 9.59 Å². The topological polar surface area (TPSA) is 55.7 Å². The summed E-state index contributed by atoms with van der Waals surface area (Å²) in [5, 5.41) is 1.65. The van der Waals surface area contributed by atoms with Crippen LogP contribution in [0.3, 0.4) is 0 Å². The molecule has 0 fully saturated rings. The fraction of sp³-hybridized carbons (Fsp3) is 0.357. The molecule has 1 atom stereocenters. The fourth-order valence-corrected chi connectivity index (χ4v) is 1.93. The predicted octanol–water partition coefficient (Wildman–Crippen LogP) is 0.586. The lowest BCUT2D eigenvalue weighted by atomic mass is 9.98. The number of amides is 1. The molecule has 1 aliphatic rings. The molecule has 0 radical (unpaired) electrons. The van der Waals surface area contributed by atoms with Crippen LogP contribution >= 0.6 is 0 Å². The van der Waals surface area contributed by atoms with E-state index in [0.717, 1.165) is 5.22 Å². The van der Waals surface area contributed by atoms with Gasteiger partial charge < -0.3 is 4.74 Å². The van der Waals surface area contributed by atoms with E-state index < -0.39 is 0 Å². The number of hydrogen-bond donors (Lipinski definition) is 0. The summed E-state index contributed by atoms with van der Waals surface area (Å²) in [7, 11) is 0.